The Morgan fingerprint density at radius 2 is 1.85 bits per heavy atom. The van der Waals surface area contributed by atoms with Crippen molar-refractivity contribution in [3.8, 4) is 5.75 Å². The molecule has 0 aliphatic rings. The zero-order chi connectivity index (χ0) is 10.1. The second-order valence-electron chi connectivity index (χ2n) is 2.05. The van der Waals surface area contributed by atoms with Gasteiger partial charge in [0.1, 0.15) is 5.82 Å². The van der Waals surface area contributed by atoms with Crippen molar-refractivity contribution in [3.05, 3.63) is 29.8 Å². The largest absolute Gasteiger partial charge is 0.488 e. The lowest BCUT2D eigenvalue weighted by Gasteiger charge is -2.00. The Morgan fingerprint density at radius 3 is 2.38 bits per heavy atom. The summed E-state index contributed by atoms with van der Waals surface area (Å²) >= 11 is 0. The van der Waals surface area contributed by atoms with Crippen LogP contribution >= 0.6 is 0 Å². The highest BCUT2D eigenvalue weighted by Crippen LogP contribution is 2.19. The van der Waals surface area contributed by atoms with Crippen LogP contribution in [0.25, 0.3) is 0 Å². The highest BCUT2D eigenvalue weighted by atomic mass is 32.3. The Labute approximate surface area is 72.2 Å². The zero-order valence-electron chi connectivity index (χ0n) is 6.00. The first-order valence-electron chi connectivity index (χ1n) is 2.97. The van der Waals surface area contributed by atoms with Crippen LogP contribution in [-0.2, 0) is 10.5 Å². The molecule has 0 radical (unpaired) electrons. The molecule has 0 atom stereocenters. The van der Waals surface area contributed by atoms with Gasteiger partial charge in [-0.3, -0.25) is 0 Å². The van der Waals surface area contributed by atoms with Crippen molar-refractivity contribution in [1.29, 1.82) is 0 Å². The van der Waals surface area contributed by atoms with Crippen LogP contribution in [0, 0.1) is 11.6 Å². The lowest BCUT2D eigenvalue weighted by Crippen LogP contribution is -2.03. The molecule has 1 rings (SSSR count). The van der Waals surface area contributed by atoms with E-state index in [-0.39, 0.29) is 0 Å². The minimum Gasteiger partial charge on any atom is -0.355 e. The fraction of sp³-hybridized carbons (Fsp3) is 0. The number of hydrogen-bond acceptors (Lipinski definition) is 3. The Hall–Kier alpha value is -1.24. The van der Waals surface area contributed by atoms with Crippen LogP contribution in [0.3, 0.4) is 0 Å². The van der Waals surface area contributed by atoms with Crippen LogP contribution in [0.15, 0.2) is 18.2 Å². The van der Waals surface area contributed by atoms with E-state index in [2.05, 4.69) is 4.18 Å². The van der Waals surface area contributed by atoms with E-state index < -0.39 is 27.9 Å². The van der Waals surface area contributed by atoms with Gasteiger partial charge in [0.25, 0.3) is 0 Å². The lowest BCUT2D eigenvalue weighted by molar-refractivity contribution is 0.421. The third-order valence-electron chi connectivity index (χ3n) is 1.08. The average molecular weight is 212 g/mol. The fourth-order valence-electron chi connectivity index (χ4n) is 0.648. The summed E-state index contributed by atoms with van der Waals surface area (Å²) in [6, 6.07) is 1.79. The van der Waals surface area contributed by atoms with Gasteiger partial charge in [-0.1, -0.05) is 3.89 Å². The van der Waals surface area contributed by atoms with Crippen molar-refractivity contribution < 1.29 is 25.3 Å². The van der Waals surface area contributed by atoms with Gasteiger partial charge in [-0.25, -0.2) is 8.78 Å². The molecule has 0 aliphatic heterocycles. The summed E-state index contributed by atoms with van der Waals surface area (Å²) in [6.07, 6.45) is 0. The molecule has 72 valence electrons. The molecular weight excluding hydrogens is 209 g/mol. The highest BCUT2D eigenvalue weighted by molar-refractivity contribution is 7.81. The van der Waals surface area contributed by atoms with Crippen LogP contribution in [0.1, 0.15) is 0 Å². The normalized spacial score (nSPS) is 11.3. The summed E-state index contributed by atoms with van der Waals surface area (Å²) in [7, 11) is -5.32. The second kappa shape index (κ2) is 3.25. The van der Waals surface area contributed by atoms with Crippen molar-refractivity contribution in [2.24, 2.45) is 0 Å². The van der Waals surface area contributed by atoms with Gasteiger partial charge in [0.15, 0.2) is 11.6 Å². The Balaban J connectivity index is 3.08. The van der Waals surface area contributed by atoms with Crippen LogP contribution in [0.2, 0.25) is 0 Å². The summed E-state index contributed by atoms with van der Waals surface area (Å²) < 4.78 is 60.1. The Morgan fingerprint density at radius 1 is 1.23 bits per heavy atom. The third kappa shape index (κ3) is 2.94. The molecule has 3 nitrogen and oxygen atoms in total. The van der Waals surface area contributed by atoms with Gasteiger partial charge in [0.2, 0.25) is 0 Å². The molecule has 0 amide bonds. The Bertz CT molecular complexity index is 415. The molecule has 0 aliphatic carbocycles. The van der Waals surface area contributed by atoms with Gasteiger partial charge in [0.05, 0.1) is 0 Å². The molecule has 13 heavy (non-hydrogen) atoms. The van der Waals surface area contributed by atoms with Gasteiger partial charge in [-0.2, -0.15) is 8.42 Å². The monoisotopic (exact) mass is 212 g/mol. The number of rotatable bonds is 2. The number of halogens is 3. The van der Waals surface area contributed by atoms with E-state index in [4.69, 9.17) is 0 Å². The molecule has 0 spiro atoms. The molecule has 0 bridgehead atoms. The maximum atomic E-state index is 12.6. The quantitative estimate of drug-likeness (QED) is 0.698. The van der Waals surface area contributed by atoms with Gasteiger partial charge >= 0.3 is 10.5 Å². The first kappa shape index (κ1) is 9.85. The molecule has 7 heteroatoms. The first-order chi connectivity index (χ1) is 5.88. The molecule has 1 aromatic carbocycles. The van der Waals surface area contributed by atoms with E-state index in [0.717, 1.165) is 6.07 Å². The SMILES string of the molecule is O=S(=O)(F)Oc1cc(F)ccc1F. The van der Waals surface area contributed by atoms with Crippen LogP contribution in [-0.4, -0.2) is 8.42 Å². The molecule has 0 N–H and O–H groups in total. The standard InChI is InChI=1S/C6H3F3O3S/c7-4-1-2-5(8)6(3-4)12-13(9,10)11/h1-3H. The van der Waals surface area contributed by atoms with E-state index in [1.165, 1.54) is 0 Å². The van der Waals surface area contributed by atoms with Gasteiger partial charge in [-0.05, 0) is 12.1 Å². The second-order valence-corrected chi connectivity index (χ2v) is 3.00. The number of benzene rings is 1. The van der Waals surface area contributed by atoms with Crippen LogP contribution in [0.5, 0.6) is 5.75 Å². The maximum Gasteiger partial charge on any atom is 0.488 e. The maximum absolute atomic E-state index is 12.6. The van der Waals surface area contributed by atoms with Crippen molar-refractivity contribution in [1.82, 2.24) is 0 Å². The average Bonchev–Trinajstić information content (AvgIpc) is 1.94. The van der Waals surface area contributed by atoms with E-state index in [1.54, 1.807) is 0 Å². The first-order valence-corrected chi connectivity index (χ1v) is 4.28. The topological polar surface area (TPSA) is 43.4 Å². The molecule has 0 saturated heterocycles. The van der Waals surface area contributed by atoms with Gasteiger partial charge in [-0.15, -0.1) is 0 Å². The summed E-state index contributed by atoms with van der Waals surface area (Å²) in [4.78, 5) is 0. The third-order valence-corrected chi connectivity index (χ3v) is 1.46. The highest BCUT2D eigenvalue weighted by Gasteiger charge is 2.14. The summed E-state index contributed by atoms with van der Waals surface area (Å²) in [5.74, 6) is -3.11. The molecular formula is C6H3F3O3S. The van der Waals surface area contributed by atoms with Crippen LogP contribution in [0.4, 0.5) is 12.7 Å². The van der Waals surface area contributed by atoms with E-state index in [9.17, 15) is 21.1 Å². The van der Waals surface area contributed by atoms with Gasteiger partial charge < -0.3 is 4.18 Å². The zero-order valence-corrected chi connectivity index (χ0v) is 6.82. The lowest BCUT2D eigenvalue weighted by atomic mass is 10.3. The molecule has 0 fully saturated rings. The fourth-order valence-corrected chi connectivity index (χ4v) is 0.990. The molecule has 0 heterocycles. The van der Waals surface area contributed by atoms with Crippen LogP contribution < -0.4 is 4.18 Å². The summed E-state index contributed by atoms with van der Waals surface area (Å²) in [5, 5.41) is 0. The summed E-state index contributed by atoms with van der Waals surface area (Å²) in [5.41, 5.74) is 0. The molecule has 1 aromatic rings. The molecule has 0 saturated carbocycles. The van der Waals surface area contributed by atoms with Crippen molar-refractivity contribution in [2.75, 3.05) is 0 Å². The number of hydrogen-bond donors (Lipinski definition) is 0. The smallest absolute Gasteiger partial charge is 0.355 e. The van der Waals surface area contributed by atoms with E-state index >= 15 is 0 Å². The van der Waals surface area contributed by atoms with E-state index in [1.807, 2.05) is 0 Å². The predicted octanol–water partition coefficient (Wildman–Crippen LogP) is 1.56. The van der Waals surface area contributed by atoms with Crippen molar-refractivity contribution >= 4 is 10.5 Å². The molecule has 0 aromatic heterocycles. The van der Waals surface area contributed by atoms with Gasteiger partial charge in [0, 0.05) is 6.07 Å². The molecule has 0 unspecified atom stereocenters. The van der Waals surface area contributed by atoms with Crippen molar-refractivity contribution in [3.63, 3.8) is 0 Å². The van der Waals surface area contributed by atoms with E-state index in [0.29, 0.717) is 12.1 Å². The minimum atomic E-state index is -5.32. The minimum absolute atomic E-state index is 0.423. The Kier molecular flexibility index (Phi) is 2.46. The summed E-state index contributed by atoms with van der Waals surface area (Å²) in [6.45, 7) is 0. The van der Waals surface area contributed by atoms with Crippen molar-refractivity contribution in [2.45, 2.75) is 0 Å². The predicted molar refractivity (Wildman–Crippen MR) is 37.0 cm³/mol.